The fraction of sp³-hybridized carbons (Fsp3) is 0. The third-order valence-electron chi connectivity index (χ3n) is 10.9. The van der Waals surface area contributed by atoms with Gasteiger partial charge in [-0.05, 0) is 90.0 Å². The van der Waals surface area contributed by atoms with Gasteiger partial charge >= 0.3 is 0 Å². The van der Waals surface area contributed by atoms with Crippen molar-refractivity contribution in [1.82, 2.24) is 9.97 Å². The van der Waals surface area contributed by atoms with Crippen LogP contribution in [0.3, 0.4) is 0 Å². The van der Waals surface area contributed by atoms with E-state index in [4.69, 9.17) is 14.4 Å². The van der Waals surface area contributed by atoms with Gasteiger partial charge in [-0.15, -0.1) is 0 Å². The molecule has 0 N–H and O–H groups in total. The van der Waals surface area contributed by atoms with E-state index in [1.165, 1.54) is 37.9 Å². The Hall–Kier alpha value is -7.36. The van der Waals surface area contributed by atoms with Crippen LogP contribution in [0, 0.1) is 0 Å². The van der Waals surface area contributed by atoms with Gasteiger partial charge in [0.05, 0.1) is 11.1 Å². The number of rotatable bonds is 5. The molecule has 0 aliphatic carbocycles. The molecule has 0 aliphatic rings. The highest BCUT2D eigenvalue weighted by Crippen LogP contribution is 2.40. The largest absolute Gasteiger partial charge is 0.438 e. The highest BCUT2D eigenvalue weighted by Gasteiger charge is 2.20. The Kier molecular flexibility index (Phi) is 7.17. The Morgan fingerprint density at radius 2 is 0.745 bits per heavy atom. The molecule has 9 aromatic carbocycles. The summed E-state index contributed by atoms with van der Waals surface area (Å²) < 4.78 is 6.62. The van der Waals surface area contributed by atoms with Crippen molar-refractivity contribution in [2.75, 3.05) is 0 Å². The molecule has 0 aliphatic heterocycles. The number of hydrogen-bond acceptors (Lipinski definition) is 3. The molecule has 2 aromatic heterocycles. The molecule has 0 amide bonds. The SMILES string of the molecule is c1ccc(-c2ccc(-c3nc(-c4cccc(-c5ccc6c7ccccc7c7ccccc7c6c5)c4)nc4oc5cc(-c6ccccc6)ccc5c34)cc2)cc1. The van der Waals surface area contributed by atoms with Crippen molar-refractivity contribution in [3.63, 3.8) is 0 Å². The Bertz CT molecular complexity index is 3200. The first kappa shape index (κ1) is 31.2. The van der Waals surface area contributed by atoms with Crippen molar-refractivity contribution in [1.29, 1.82) is 0 Å². The van der Waals surface area contributed by atoms with Gasteiger partial charge in [-0.2, -0.15) is 4.98 Å². The molecule has 11 rings (SSSR count). The summed E-state index contributed by atoms with van der Waals surface area (Å²) in [7, 11) is 0. The van der Waals surface area contributed by atoms with E-state index in [0.717, 1.165) is 61.0 Å². The maximum absolute atomic E-state index is 6.62. The minimum absolute atomic E-state index is 0.571. The maximum atomic E-state index is 6.62. The van der Waals surface area contributed by atoms with Gasteiger partial charge in [0.15, 0.2) is 5.82 Å². The molecule has 0 spiro atoms. The van der Waals surface area contributed by atoms with Gasteiger partial charge in [0.1, 0.15) is 5.58 Å². The van der Waals surface area contributed by atoms with Gasteiger partial charge in [0.2, 0.25) is 5.71 Å². The Morgan fingerprint density at radius 3 is 1.42 bits per heavy atom. The maximum Gasteiger partial charge on any atom is 0.231 e. The van der Waals surface area contributed by atoms with Crippen LogP contribution in [0.1, 0.15) is 0 Å². The van der Waals surface area contributed by atoms with Gasteiger partial charge in [0.25, 0.3) is 0 Å². The lowest BCUT2D eigenvalue weighted by Crippen LogP contribution is -1.94. The van der Waals surface area contributed by atoms with Gasteiger partial charge in [-0.3, -0.25) is 0 Å². The summed E-state index contributed by atoms with van der Waals surface area (Å²) in [5.74, 6) is 0.621. The number of benzene rings is 9. The first-order valence-electron chi connectivity index (χ1n) is 18.6. The monoisotopic (exact) mass is 700 g/mol. The molecular formula is C52H32N2O. The smallest absolute Gasteiger partial charge is 0.231 e. The minimum Gasteiger partial charge on any atom is -0.438 e. The van der Waals surface area contributed by atoms with Crippen LogP contribution in [0.15, 0.2) is 199 Å². The summed E-state index contributed by atoms with van der Waals surface area (Å²) in [5.41, 5.74) is 11.0. The summed E-state index contributed by atoms with van der Waals surface area (Å²) in [6.07, 6.45) is 0. The topological polar surface area (TPSA) is 38.9 Å². The van der Waals surface area contributed by atoms with Gasteiger partial charge in [0, 0.05) is 16.5 Å². The third kappa shape index (κ3) is 5.28. The molecular weight excluding hydrogens is 669 g/mol. The van der Waals surface area contributed by atoms with Crippen molar-refractivity contribution in [2.24, 2.45) is 0 Å². The zero-order valence-corrected chi connectivity index (χ0v) is 29.8. The molecule has 11 aromatic rings. The van der Waals surface area contributed by atoms with E-state index in [1.807, 2.05) is 12.1 Å². The molecule has 0 bridgehead atoms. The van der Waals surface area contributed by atoms with E-state index < -0.39 is 0 Å². The van der Waals surface area contributed by atoms with E-state index >= 15 is 0 Å². The number of furan rings is 1. The number of nitrogens with zero attached hydrogens (tertiary/aromatic N) is 2. The summed E-state index contributed by atoms with van der Waals surface area (Å²) >= 11 is 0. The molecule has 256 valence electrons. The first-order chi connectivity index (χ1) is 27.2. The van der Waals surface area contributed by atoms with E-state index in [9.17, 15) is 0 Å². The van der Waals surface area contributed by atoms with Crippen LogP contribution in [0.2, 0.25) is 0 Å². The van der Waals surface area contributed by atoms with Crippen molar-refractivity contribution < 1.29 is 4.42 Å². The molecule has 0 unspecified atom stereocenters. The second-order valence-corrected chi connectivity index (χ2v) is 14.1. The lowest BCUT2D eigenvalue weighted by Gasteiger charge is -2.12. The van der Waals surface area contributed by atoms with Crippen molar-refractivity contribution in [3.05, 3.63) is 194 Å². The van der Waals surface area contributed by atoms with Gasteiger partial charge < -0.3 is 4.42 Å². The van der Waals surface area contributed by atoms with Crippen molar-refractivity contribution >= 4 is 54.4 Å². The van der Waals surface area contributed by atoms with Gasteiger partial charge in [-0.1, -0.05) is 170 Å². The van der Waals surface area contributed by atoms with E-state index in [0.29, 0.717) is 11.5 Å². The predicted octanol–water partition coefficient (Wildman–Crippen LogP) is 14.2. The van der Waals surface area contributed by atoms with Crippen LogP contribution in [-0.2, 0) is 0 Å². The normalized spacial score (nSPS) is 11.6. The molecule has 3 heteroatoms. The standard InChI is InChI=1S/C52H32N2O/c1-3-12-33(13-4-1)35-22-24-36(25-23-35)50-49-46-29-27-39(34-14-5-2-6-15-34)32-48(46)55-52(49)54-51(53-50)40-17-11-16-37(30-40)38-26-28-45-43-20-8-7-18-41(43)42-19-9-10-21-44(42)47(45)31-38/h1-32H. The van der Waals surface area contributed by atoms with Crippen LogP contribution in [-0.4, -0.2) is 9.97 Å². The minimum atomic E-state index is 0.571. The van der Waals surface area contributed by atoms with Crippen molar-refractivity contribution in [3.8, 4) is 56.0 Å². The summed E-state index contributed by atoms with van der Waals surface area (Å²) in [5, 5.41) is 9.48. The summed E-state index contributed by atoms with van der Waals surface area (Å²) in [6, 6.07) is 68.7. The average Bonchev–Trinajstić information content (AvgIpc) is 3.65. The van der Waals surface area contributed by atoms with E-state index in [1.54, 1.807) is 0 Å². The molecule has 0 radical (unpaired) electrons. The molecule has 2 heterocycles. The number of aromatic nitrogens is 2. The predicted molar refractivity (Wildman–Crippen MR) is 229 cm³/mol. The highest BCUT2D eigenvalue weighted by molar-refractivity contribution is 6.25. The zero-order valence-electron chi connectivity index (χ0n) is 29.8. The average molecular weight is 701 g/mol. The van der Waals surface area contributed by atoms with E-state index in [2.05, 4.69) is 182 Å². The lowest BCUT2D eigenvalue weighted by atomic mass is 9.92. The van der Waals surface area contributed by atoms with Crippen LogP contribution in [0.5, 0.6) is 0 Å². The highest BCUT2D eigenvalue weighted by atomic mass is 16.3. The molecule has 0 fully saturated rings. The van der Waals surface area contributed by atoms with Crippen LogP contribution >= 0.6 is 0 Å². The zero-order chi connectivity index (χ0) is 36.3. The number of hydrogen-bond donors (Lipinski definition) is 0. The van der Waals surface area contributed by atoms with Crippen molar-refractivity contribution in [2.45, 2.75) is 0 Å². The second-order valence-electron chi connectivity index (χ2n) is 14.1. The second kappa shape index (κ2) is 12.6. The number of fused-ring (bicyclic) bond motifs is 9. The summed E-state index contributed by atoms with van der Waals surface area (Å²) in [4.78, 5) is 10.5. The molecule has 0 saturated heterocycles. The fourth-order valence-corrected chi connectivity index (χ4v) is 8.20. The molecule has 0 atom stereocenters. The van der Waals surface area contributed by atoms with E-state index in [-0.39, 0.29) is 0 Å². The molecule has 3 nitrogen and oxygen atoms in total. The van der Waals surface area contributed by atoms with Crippen LogP contribution in [0.25, 0.3) is 110 Å². The Morgan fingerprint density at radius 1 is 0.291 bits per heavy atom. The Labute approximate surface area is 317 Å². The van der Waals surface area contributed by atoms with Crippen LogP contribution < -0.4 is 0 Å². The van der Waals surface area contributed by atoms with Gasteiger partial charge in [-0.25, -0.2) is 4.98 Å². The lowest BCUT2D eigenvalue weighted by molar-refractivity contribution is 0.654. The first-order valence-corrected chi connectivity index (χ1v) is 18.6. The third-order valence-corrected chi connectivity index (χ3v) is 10.9. The quantitative estimate of drug-likeness (QED) is 0.168. The fourth-order valence-electron chi connectivity index (χ4n) is 8.20. The molecule has 55 heavy (non-hydrogen) atoms. The summed E-state index contributed by atoms with van der Waals surface area (Å²) in [6.45, 7) is 0. The molecule has 0 saturated carbocycles. The van der Waals surface area contributed by atoms with Crippen LogP contribution in [0.4, 0.5) is 0 Å². The Balaban J connectivity index is 1.08.